The molecule has 0 aliphatic carbocycles. The predicted molar refractivity (Wildman–Crippen MR) is 128 cm³/mol. The maximum Gasteiger partial charge on any atom is 0.336 e. The third-order valence-electron chi connectivity index (χ3n) is 5.34. The van der Waals surface area contributed by atoms with E-state index in [9.17, 15) is 14.4 Å². The van der Waals surface area contributed by atoms with Crippen molar-refractivity contribution < 1.29 is 39.5 Å². The third kappa shape index (κ3) is 11.8. The van der Waals surface area contributed by atoms with Crippen LogP contribution >= 0.6 is 0 Å². The zero-order valence-electron chi connectivity index (χ0n) is 19.8. The van der Waals surface area contributed by atoms with E-state index in [-0.39, 0.29) is 0 Å². The van der Waals surface area contributed by atoms with Crippen LogP contribution in [0.4, 0.5) is 0 Å². The van der Waals surface area contributed by atoms with Gasteiger partial charge in [-0.2, -0.15) is 0 Å². The van der Waals surface area contributed by atoms with Crippen molar-refractivity contribution in [3.63, 3.8) is 0 Å². The molecule has 9 nitrogen and oxygen atoms in total. The number of allylic oxidation sites excluding steroid dienone is 1. The van der Waals surface area contributed by atoms with Crippen LogP contribution in [0.15, 0.2) is 30.3 Å². The molecule has 0 spiro atoms. The number of likely N-dealkylation sites (tertiary alicyclic amines) is 1. The van der Waals surface area contributed by atoms with Crippen LogP contribution in [0, 0.1) is 0 Å². The number of hydrogen-bond acceptors (Lipinski definition) is 6. The molecule has 0 unspecified atom stereocenters. The number of carboxylic acids is 3. The number of unbranched alkanes of at least 4 members (excludes halogenated alkanes) is 3. The molecule has 1 fully saturated rings. The Hall–Kier alpha value is -2.91. The van der Waals surface area contributed by atoms with Crippen molar-refractivity contribution in [3.8, 4) is 5.75 Å². The summed E-state index contributed by atoms with van der Waals surface area (Å²) in [4.78, 5) is 33.0. The summed E-state index contributed by atoms with van der Waals surface area (Å²) in [7, 11) is 0. The van der Waals surface area contributed by atoms with Gasteiger partial charge in [0.25, 0.3) is 0 Å². The zero-order valence-corrected chi connectivity index (χ0v) is 19.8. The molecule has 0 amide bonds. The normalized spacial score (nSPS) is 13.9. The number of carboxylic acid groups (broad SMARTS) is 3. The number of nitrogens with zero attached hydrogens (tertiary/aromatic N) is 1. The molecule has 1 aliphatic rings. The number of ether oxygens (including phenoxy) is 1. The molecule has 4 N–H and O–H groups in total. The minimum atomic E-state index is -2.74. The van der Waals surface area contributed by atoms with Gasteiger partial charge >= 0.3 is 17.9 Å². The van der Waals surface area contributed by atoms with Crippen LogP contribution < -0.4 is 4.74 Å². The Bertz CT molecular complexity index is 786. The number of aliphatic carboxylic acids is 3. The lowest BCUT2D eigenvalue weighted by Crippen LogP contribution is -2.42. The molecule has 190 valence electrons. The lowest BCUT2D eigenvalue weighted by Gasteiger charge is -2.18. The highest BCUT2D eigenvalue weighted by Crippen LogP contribution is 2.20. The van der Waals surface area contributed by atoms with Gasteiger partial charge in [0.15, 0.2) is 5.60 Å². The molecule has 1 aromatic carbocycles. The van der Waals surface area contributed by atoms with E-state index in [4.69, 9.17) is 25.2 Å². The number of carbonyl (C=O) groups is 3. The van der Waals surface area contributed by atoms with Gasteiger partial charge in [0.1, 0.15) is 12.4 Å². The van der Waals surface area contributed by atoms with Crippen LogP contribution in [0.3, 0.4) is 0 Å². The molecule has 1 heterocycles. The van der Waals surface area contributed by atoms with Gasteiger partial charge in [0, 0.05) is 12.1 Å². The van der Waals surface area contributed by atoms with E-state index in [1.807, 2.05) is 0 Å². The van der Waals surface area contributed by atoms with Crippen molar-refractivity contribution in [1.82, 2.24) is 4.90 Å². The fourth-order valence-corrected chi connectivity index (χ4v) is 3.48. The Morgan fingerprint density at radius 2 is 1.65 bits per heavy atom. The average Bonchev–Trinajstić information content (AvgIpc) is 3.27. The van der Waals surface area contributed by atoms with Crippen molar-refractivity contribution in [2.24, 2.45) is 0 Å². The summed E-state index contributed by atoms with van der Waals surface area (Å²) in [6.07, 6.45) is 9.93. The molecule has 34 heavy (non-hydrogen) atoms. The first-order valence-electron chi connectivity index (χ1n) is 11.7. The molecule has 0 aromatic heterocycles. The van der Waals surface area contributed by atoms with Gasteiger partial charge in [-0.25, -0.2) is 4.79 Å². The number of hydrogen-bond donors (Lipinski definition) is 4. The lowest BCUT2D eigenvalue weighted by molar-refractivity contribution is -0.170. The summed E-state index contributed by atoms with van der Waals surface area (Å²) in [6, 6.07) is 8.36. The second-order valence-electron chi connectivity index (χ2n) is 8.31. The van der Waals surface area contributed by atoms with Gasteiger partial charge < -0.3 is 25.2 Å². The standard InChI is InChI=1S/C19H29NO.C6H8O7/c1-2-3-4-5-6-11-18-12-7-8-13-19(18)21-17-16-20-14-9-10-15-20;7-3(8)1-6(13,5(11)12)2-4(9)10/h6-8,11-13H,2-5,9-10,14-17H2,1H3;13H,1-2H2,(H,7,8)(H,9,10)(H,11,12)/b11-6+;. The number of rotatable bonds is 14. The monoisotopic (exact) mass is 479 g/mol. The topological polar surface area (TPSA) is 145 Å². The minimum Gasteiger partial charge on any atom is -0.492 e. The van der Waals surface area contributed by atoms with Crippen molar-refractivity contribution in [3.05, 3.63) is 35.9 Å². The molecule has 1 saturated heterocycles. The van der Waals surface area contributed by atoms with E-state index in [0.29, 0.717) is 0 Å². The Morgan fingerprint density at radius 1 is 1.03 bits per heavy atom. The summed E-state index contributed by atoms with van der Waals surface area (Å²) in [5, 5.41) is 33.8. The van der Waals surface area contributed by atoms with Gasteiger partial charge in [-0.3, -0.25) is 14.5 Å². The SMILES string of the molecule is CCCCC/C=C/c1ccccc1OCCN1CCCC1.O=C(O)CC(O)(CC(=O)O)C(=O)O. The highest BCUT2D eigenvalue weighted by molar-refractivity contribution is 5.88. The van der Waals surface area contributed by atoms with Gasteiger partial charge in [-0.1, -0.05) is 50.1 Å². The summed E-state index contributed by atoms with van der Waals surface area (Å²) in [5.41, 5.74) is -1.53. The highest BCUT2D eigenvalue weighted by atomic mass is 16.5. The quantitative estimate of drug-likeness (QED) is 0.295. The molecule has 1 aromatic rings. The van der Waals surface area contributed by atoms with Crippen molar-refractivity contribution >= 4 is 24.0 Å². The van der Waals surface area contributed by atoms with Gasteiger partial charge in [-0.15, -0.1) is 0 Å². The van der Waals surface area contributed by atoms with Gasteiger partial charge in [-0.05, 0) is 44.8 Å². The van der Waals surface area contributed by atoms with Crippen LogP contribution in [0.1, 0.15) is 63.9 Å². The van der Waals surface area contributed by atoms with E-state index in [0.717, 1.165) is 25.3 Å². The largest absolute Gasteiger partial charge is 0.492 e. The smallest absolute Gasteiger partial charge is 0.336 e. The van der Waals surface area contributed by atoms with Crippen molar-refractivity contribution in [1.29, 1.82) is 0 Å². The number of benzene rings is 1. The van der Waals surface area contributed by atoms with E-state index >= 15 is 0 Å². The van der Waals surface area contributed by atoms with E-state index in [2.05, 4.69) is 48.2 Å². The summed E-state index contributed by atoms with van der Waals surface area (Å²) in [6.45, 7) is 6.56. The Balaban J connectivity index is 0.000000385. The predicted octanol–water partition coefficient (Wildman–Crippen LogP) is 3.51. The lowest BCUT2D eigenvalue weighted by atomic mass is 9.96. The Morgan fingerprint density at radius 3 is 2.21 bits per heavy atom. The molecule has 0 saturated carbocycles. The third-order valence-corrected chi connectivity index (χ3v) is 5.34. The van der Waals surface area contributed by atoms with Crippen LogP contribution in [-0.4, -0.2) is 75.1 Å². The molecule has 0 radical (unpaired) electrons. The van der Waals surface area contributed by atoms with Crippen molar-refractivity contribution in [2.45, 2.75) is 63.9 Å². The molecule has 9 heteroatoms. The van der Waals surface area contributed by atoms with Crippen molar-refractivity contribution in [2.75, 3.05) is 26.2 Å². The average molecular weight is 480 g/mol. The first-order valence-corrected chi connectivity index (χ1v) is 11.7. The fourth-order valence-electron chi connectivity index (χ4n) is 3.48. The Kier molecular flexibility index (Phi) is 13.6. The van der Waals surface area contributed by atoms with E-state index in [1.165, 1.54) is 50.8 Å². The summed E-state index contributed by atoms with van der Waals surface area (Å²) in [5.74, 6) is -4.00. The maximum absolute atomic E-state index is 10.3. The molecule has 1 aliphatic heterocycles. The first kappa shape index (κ1) is 29.1. The number of aliphatic hydroxyl groups is 1. The summed E-state index contributed by atoms with van der Waals surface area (Å²) < 4.78 is 5.98. The molecule has 2 rings (SSSR count). The van der Waals surface area contributed by atoms with Crippen LogP contribution in [0.25, 0.3) is 6.08 Å². The first-order chi connectivity index (χ1) is 16.2. The zero-order chi connectivity index (χ0) is 25.4. The van der Waals surface area contributed by atoms with E-state index < -0.39 is 36.4 Å². The van der Waals surface area contributed by atoms with Gasteiger partial charge in [0.2, 0.25) is 0 Å². The molecular formula is C25H37NO8. The summed E-state index contributed by atoms with van der Waals surface area (Å²) >= 11 is 0. The fraction of sp³-hybridized carbons (Fsp3) is 0.560. The number of para-hydroxylation sites is 1. The molecular weight excluding hydrogens is 442 g/mol. The molecule has 0 atom stereocenters. The van der Waals surface area contributed by atoms with E-state index in [1.54, 1.807) is 0 Å². The molecule has 0 bridgehead atoms. The second-order valence-corrected chi connectivity index (χ2v) is 8.31. The maximum atomic E-state index is 10.3. The van der Waals surface area contributed by atoms with Crippen LogP contribution in [-0.2, 0) is 14.4 Å². The highest BCUT2D eigenvalue weighted by Gasteiger charge is 2.40. The van der Waals surface area contributed by atoms with Gasteiger partial charge in [0.05, 0.1) is 12.8 Å². The minimum absolute atomic E-state index is 0.792. The second kappa shape index (κ2) is 15.8. The Labute approximate surface area is 200 Å². The van der Waals surface area contributed by atoms with Crippen LogP contribution in [0.2, 0.25) is 0 Å². The van der Waals surface area contributed by atoms with Crippen LogP contribution in [0.5, 0.6) is 5.75 Å².